The van der Waals surface area contributed by atoms with Crippen LogP contribution in [0.15, 0.2) is 48.5 Å². The first-order chi connectivity index (χ1) is 12.2. The zero-order valence-corrected chi connectivity index (χ0v) is 14.2. The summed E-state index contributed by atoms with van der Waals surface area (Å²) in [7, 11) is 1.76. The van der Waals surface area contributed by atoms with Crippen molar-refractivity contribution in [3.8, 4) is 6.07 Å². The molecule has 1 amide bonds. The number of nitriles is 1. The lowest BCUT2D eigenvalue weighted by Gasteiger charge is -2.33. The molecule has 0 radical (unpaired) electrons. The van der Waals surface area contributed by atoms with E-state index >= 15 is 0 Å². The summed E-state index contributed by atoms with van der Waals surface area (Å²) in [6.45, 7) is 1.91. The zero-order valence-electron chi connectivity index (χ0n) is 14.2. The van der Waals surface area contributed by atoms with Crippen molar-refractivity contribution in [2.24, 2.45) is 0 Å². The van der Waals surface area contributed by atoms with Gasteiger partial charge in [0.1, 0.15) is 0 Å². The first kappa shape index (κ1) is 17.0. The maximum atomic E-state index is 12.3. The standard InChI is InChI=1S/C20H21N3O2/c1-25-19-6-3-11-23(14-19)18-9-7-17(8-10-18)22-20(24)16-5-2-4-15(12-16)13-21/h2,4-5,7-10,12,19H,3,6,11,14H2,1H3,(H,22,24). The number of rotatable bonds is 4. The minimum absolute atomic E-state index is 0.220. The van der Waals surface area contributed by atoms with E-state index < -0.39 is 0 Å². The van der Waals surface area contributed by atoms with Crippen LogP contribution in [-0.2, 0) is 4.74 Å². The predicted molar refractivity (Wildman–Crippen MR) is 97.8 cm³/mol. The van der Waals surface area contributed by atoms with Gasteiger partial charge in [-0.25, -0.2) is 0 Å². The lowest BCUT2D eigenvalue weighted by molar-refractivity contribution is 0.0893. The number of carbonyl (C=O) groups is 1. The minimum atomic E-state index is -0.220. The number of amides is 1. The zero-order chi connectivity index (χ0) is 17.6. The molecule has 1 heterocycles. The monoisotopic (exact) mass is 335 g/mol. The molecule has 3 rings (SSSR count). The molecule has 1 aliphatic rings. The fraction of sp³-hybridized carbons (Fsp3) is 0.300. The topological polar surface area (TPSA) is 65.4 Å². The second kappa shape index (κ2) is 7.82. The average molecular weight is 335 g/mol. The Morgan fingerprint density at radius 3 is 2.80 bits per heavy atom. The number of piperidine rings is 1. The van der Waals surface area contributed by atoms with Crippen molar-refractivity contribution in [2.75, 3.05) is 30.4 Å². The number of nitrogens with zero attached hydrogens (tertiary/aromatic N) is 2. The van der Waals surface area contributed by atoms with E-state index in [-0.39, 0.29) is 12.0 Å². The molecule has 5 nitrogen and oxygen atoms in total. The Labute approximate surface area is 147 Å². The fourth-order valence-electron chi connectivity index (χ4n) is 3.05. The van der Waals surface area contributed by atoms with Crippen LogP contribution in [0.4, 0.5) is 11.4 Å². The Morgan fingerprint density at radius 2 is 2.08 bits per heavy atom. The Bertz CT molecular complexity index is 780. The molecular formula is C20H21N3O2. The lowest BCUT2D eigenvalue weighted by atomic mass is 10.1. The van der Waals surface area contributed by atoms with Crippen molar-refractivity contribution in [3.05, 3.63) is 59.7 Å². The number of hydrogen-bond donors (Lipinski definition) is 1. The second-order valence-corrected chi connectivity index (χ2v) is 6.14. The minimum Gasteiger partial charge on any atom is -0.380 e. The van der Waals surface area contributed by atoms with Gasteiger partial charge in [-0.1, -0.05) is 6.07 Å². The van der Waals surface area contributed by atoms with Gasteiger partial charge < -0.3 is 15.0 Å². The largest absolute Gasteiger partial charge is 0.380 e. The summed E-state index contributed by atoms with van der Waals surface area (Å²) < 4.78 is 5.47. The van der Waals surface area contributed by atoms with E-state index in [9.17, 15) is 4.79 Å². The van der Waals surface area contributed by atoms with Crippen molar-refractivity contribution in [1.29, 1.82) is 5.26 Å². The van der Waals surface area contributed by atoms with Gasteiger partial charge in [-0.15, -0.1) is 0 Å². The van der Waals surface area contributed by atoms with E-state index in [2.05, 4.69) is 10.2 Å². The van der Waals surface area contributed by atoms with E-state index in [1.165, 1.54) is 0 Å². The van der Waals surface area contributed by atoms with Crippen LogP contribution in [0.25, 0.3) is 0 Å². The molecule has 0 spiro atoms. The molecule has 2 aromatic rings. The molecule has 0 aliphatic carbocycles. The fourth-order valence-corrected chi connectivity index (χ4v) is 3.05. The number of ether oxygens (including phenoxy) is 1. The molecular weight excluding hydrogens is 314 g/mol. The third kappa shape index (κ3) is 4.17. The van der Waals surface area contributed by atoms with E-state index in [0.29, 0.717) is 11.1 Å². The summed E-state index contributed by atoms with van der Waals surface area (Å²) >= 11 is 0. The van der Waals surface area contributed by atoms with Crippen LogP contribution in [0.5, 0.6) is 0 Å². The molecule has 0 saturated carbocycles. The van der Waals surface area contributed by atoms with Crippen molar-refractivity contribution < 1.29 is 9.53 Å². The molecule has 1 aliphatic heterocycles. The van der Waals surface area contributed by atoms with Crippen molar-refractivity contribution in [1.82, 2.24) is 0 Å². The Hall–Kier alpha value is -2.84. The molecule has 25 heavy (non-hydrogen) atoms. The van der Waals surface area contributed by atoms with E-state index in [0.717, 1.165) is 37.3 Å². The highest BCUT2D eigenvalue weighted by molar-refractivity contribution is 6.04. The number of nitrogens with one attached hydrogen (secondary N) is 1. The molecule has 5 heteroatoms. The molecule has 1 atom stereocenters. The van der Waals surface area contributed by atoms with Gasteiger partial charge in [-0.05, 0) is 55.3 Å². The first-order valence-corrected chi connectivity index (χ1v) is 8.39. The highest BCUT2D eigenvalue weighted by Crippen LogP contribution is 2.23. The lowest BCUT2D eigenvalue weighted by Crippen LogP contribution is -2.39. The number of carbonyl (C=O) groups excluding carboxylic acids is 1. The third-order valence-corrected chi connectivity index (χ3v) is 4.46. The number of benzene rings is 2. The van der Waals surface area contributed by atoms with E-state index in [1.807, 2.05) is 30.3 Å². The number of anilines is 2. The number of methoxy groups -OCH3 is 1. The quantitative estimate of drug-likeness (QED) is 0.930. The Kier molecular flexibility index (Phi) is 5.32. The van der Waals surface area contributed by atoms with Crippen LogP contribution in [0, 0.1) is 11.3 Å². The molecule has 1 saturated heterocycles. The summed E-state index contributed by atoms with van der Waals surface area (Å²) in [5.74, 6) is -0.220. The van der Waals surface area contributed by atoms with Crippen LogP contribution in [0.3, 0.4) is 0 Å². The van der Waals surface area contributed by atoms with Crippen LogP contribution >= 0.6 is 0 Å². The average Bonchev–Trinajstić information content (AvgIpc) is 2.68. The molecule has 1 N–H and O–H groups in total. The van der Waals surface area contributed by atoms with Crippen molar-refractivity contribution in [3.63, 3.8) is 0 Å². The van der Waals surface area contributed by atoms with Gasteiger partial charge >= 0.3 is 0 Å². The predicted octanol–water partition coefficient (Wildman–Crippen LogP) is 3.43. The summed E-state index contributed by atoms with van der Waals surface area (Å²) in [6, 6.07) is 16.5. The van der Waals surface area contributed by atoms with Crippen LogP contribution in [0.2, 0.25) is 0 Å². The van der Waals surface area contributed by atoms with Gasteiger partial charge in [0, 0.05) is 37.1 Å². The molecule has 128 valence electrons. The van der Waals surface area contributed by atoms with Crippen LogP contribution < -0.4 is 10.2 Å². The van der Waals surface area contributed by atoms with Crippen molar-refractivity contribution in [2.45, 2.75) is 18.9 Å². The van der Waals surface area contributed by atoms with E-state index in [1.54, 1.807) is 31.4 Å². The summed E-state index contributed by atoms with van der Waals surface area (Å²) in [4.78, 5) is 14.6. The summed E-state index contributed by atoms with van der Waals surface area (Å²) in [5, 5.41) is 11.8. The molecule has 1 fully saturated rings. The molecule has 0 bridgehead atoms. The number of hydrogen-bond acceptors (Lipinski definition) is 4. The maximum absolute atomic E-state index is 12.3. The van der Waals surface area contributed by atoms with Gasteiger partial charge in [0.05, 0.1) is 17.7 Å². The van der Waals surface area contributed by atoms with Gasteiger partial charge in [0.15, 0.2) is 0 Å². The molecule has 2 aromatic carbocycles. The van der Waals surface area contributed by atoms with Gasteiger partial charge in [-0.2, -0.15) is 5.26 Å². The smallest absolute Gasteiger partial charge is 0.255 e. The SMILES string of the molecule is COC1CCCN(c2ccc(NC(=O)c3cccc(C#N)c3)cc2)C1. The van der Waals surface area contributed by atoms with Gasteiger partial charge in [-0.3, -0.25) is 4.79 Å². The van der Waals surface area contributed by atoms with Crippen LogP contribution in [-0.4, -0.2) is 32.2 Å². The normalized spacial score (nSPS) is 17.0. The second-order valence-electron chi connectivity index (χ2n) is 6.14. The maximum Gasteiger partial charge on any atom is 0.255 e. The highest BCUT2D eigenvalue weighted by Gasteiger charge is 2.19. The summed E-state index contributed by atoms with van der Waals surface area (Å²) in [5.41, 5.74) is 2.81. The van der Waals surface area contributed by atoms with Gasteiger partial charge in [0.25, 0.3) is 5.91 Å². The molecule has 0 aromatic heterocycles. The van der Waals surface area contributed by atoms with E-state index in [4.69, 9.17) is 10.00 Å². The van der Waals surface area contributed by atoms with Crippen LogP contribution in [0.1, 0.15) is 28.8 Å². The summed E-state index contributed by atoms with van der Waals surface area (Å²) in [6.07, 6.45) is 2.50. The Balaban J connectivity index is 1.66. The third-order valence-electron chi connectivity index (χ3n) is 4.46. The molecule has 1 unspecified atom stereocenters. The first-order valence-electron chi connectivity index (χ1n) is 8.39. The van der Waals surface area contributed by atoms with Gasteiger partial charge in [0.2, 0.25) is 0 Å². The Morgan fingerprint density at radius 1 is 1.28 bits per heavy atom. The van der Waals surface area contributed by atoms with Crippen molar-refractivity contribution >= 4 is 17.3 Å². The highest BCUT2D eigenvalue weighted by atomic mass is 16.5.